The molecule has 2 saturated heterocycles. The number of rotatable bonds is 7. The summed E-state index contributed by atoms with van der Waals surface area (Å²) in [5.41, 5.74) is 0.933. The van der Waals surface area contributed by atoms with Crippen molar-refractivity contribution in [1.29, 1.82) is 0 Å². The van der Waals surface area contributed by atoms with Crippen LogP contribution in [0.25, 0.3) is 0 Å². The fourth-order valence-electron chi connectivity index (χ4n) is 4.45. The van der Waals surface area contributed by atoms with E-state index in [1.165, 1.54) is 12.8 Å². The van der Waals surface area contributed by atoms with E-state index in [0.29, 0.717) is 32.7 Å². The molecule has 3 amide bonds. The first-order valence-corrected chi connectivity index (χ1v) is 12.1. The molecule has 2 heterocycles. The molecule has 1 N–H and O–H groups in total. The molecule has 32 heavy (non-hydrogen) atoms. The van der Waals surface area contributed by atoms with Gasteiger partial charge in [0, 0.05) is 39.3 Å². The van der Waals surface area contributed by atoms with Gasteiger partial charge in [-0.3, -0.25) is 19.3 Å². The monoisotopic (exact) mass is 442 g/mol. The highest BCUT2D eigenvalue weighted by atomic mass is 16.2. The van der Waals surface area contributed by atoms with E-state index in [1.54, 1.807) is 0 Å². The molecule has 0 aromatic heterocycles. The summed E-state index contributed by atoms with van der Waals surface area (Å²) in [5.74, 6) is 0.0506. The second-order valence-electron chi connectivity index (χ2n) is 9.35. The maximum atomic E-state index is 13.2. The molecule has 1 atom stereocenters. The second-order valence-corrected chi connectivity index (χ2v) is 9.35. The zero-order valence-electron chi connectivity index (χ0n) is 19.6. The van der Waals surface area contributed by atoms with Gasteiger partial charge in [0.1, 0.15) is 6.04 Å². The number of piperazine rings is 1. The van der Waals surface area contributed by atoms with Crippen LogP contribution >= 0.6 is 0 Å². The molecule has 0 saturated carbocycles. The summed E-state index contributed by atoms with van der Waals surface area (Å²) in [6.45, 7) is 8.65. The number of nitrogens with one attached hydrogen (secondary N) is 1. The molecule has 7 heteroatoms. The zero-order chi connectivity index (χ0) is 22.9. The Kier molecular flexibility index (Phi) is 9.09. The molecule has 0 unspecified atom stereocenters. The standard InChI is InChI=1S/C25H38N4O3/c1-20(2)24(26-22(30)18-21-10-6-5-7-11-21)25(32)29-16-14-27(15-17-29)19-23(31)28-12-8-3-4-9-13-28/h5-7,10-11,20,24H,3-4,8-9,12-19H2,1-2H3,(H,26,30)/t24-/m0/s1. The van der Waals surface area contributed by atoms with Crippen molar-refractivity contribution < 1.29 is 14.4 Å². The molecule has 2 aliphatic heterocycles. The molecule has 3 rings (SSSR count). The van der Waals surface area contributed by atoms with E-state index in [0.717, 1.165) is 31.5 Å². The van der Waals surface area contributed by atoms with Crippen molar-refractivity contribution in [2.24, 2.45) is 5.92 Å². The number of nitrogens with zero attached hydrogens (tertiary/aromatic N) is 3. The number of likely N-dealkylation sites (tertiary alicyclic amines) is 1. The average Bonchev–Trinajstić information content (AvgIpc) is 3.08. The van der Waals surface area contributed by atoms with Crippen LogP contribution < -0.4 is 5.32 Å². The van der Waals surface area contributed by atoms with Crippen LogP contribution in [-0.2, 0) is 20.8 Å². The van der Waals surface area contributed by atoms with Gasteiger partial charge in [-0.2, -0.15) is 0 Å². The van der Waals surface area contributed by atoms with Crippen molar-refractivity contribution in [2.45, 2.75) is 52.0 Å². The molecular formula is C25H38N4O3. The van der Waals surface area contributed by atoms with Gasteiger partial charge < -0.3 is 15.1 Å². The van der Waals surface area contributed by atoms with E-state index in [9.17, 15) is 14.4 Å². The Morgan fingerprint density at radius 3 is 2.06 bits per heavy atom. The minimum atomic E-state index is -0.531. The van der Waals surface area contributed by atoms with E-state index in [-0.39, 0.29) is 30.1 Å². The summed E-state index contributed by atoms with van der Waals surface area (Å²) in [4.78, 5) is 44.3. The third-order valence-electron chi connectivity index (χ3n) is 6.46. The van der Waals surface area contributed by atoms with Crippen LogP contribution in [0.15, 0.2) is 30.3 Å². The summed E-state index contributed by atoms with van der Waals surface area (Å²) >= 11 is 0. The lowest BCUT2D eigenvalue weighted by Gasteiger charge is -2.37. The molecule has 1 aromatic rings. The Labute approximate surface area is 192 Å². The van der Waals surface area contributed by atoms with E-state index in [2.05, 4.69) is 10.2 Å². The maximum Gasteiger partial charge on any atom is 0.245 e. The van der Waals surface area contributed by atoms with Crippen molar-refractivity contribution in [3.05, 3.63) is 35.9 Å². The van der Waals surface area contributed by atoms with E-state index in [1.807, 2.05) is 54.0 Å². The predicted octanol–water partition coefficient (Wildman–Crippen LogP) is 1.92. The number of benzene rings is 1. The summed E-state index contributed by atoms with van der Waals surface area (Å²) in [5, 5.41) is 2.95. The molecule has 0 radical (unpaired) electrons. The van der Waals surface area contributed by atoms with Crippen molar-refractivity contribution in [2.75, 3.05) is 45.8 Å². The Hall–Kier alpha value is -2.41. The summed E-state index contributed by atoms with van der Waals surface area (Å²) in [6.07, 6.45) is 4.89. The van der Waals surface area contributed by atoms with Crippen LogP contribution in [0.2, 0.25) is 0 Å². The first-order valence-electron chi connectivity index (χ1n) is 12.1. The fraction of sp³-hybridized carbons (Fsp3) is 0.640. The largest absolute Gasteiger partial charge is 0.344 e. The van der Waals surface area contributed by atoms with Crippen LogP contribution in [0.3, 0.4) is 0 Å². The maximum absolute atomic E-state index is 13.2. The van der Waals surface area contributed by atoms with Gasteiger partial charge in [-0.25, -0.2) is 0 Å². The van der Waals surface area contributed by atoms with Crippen LogP contribution in [0, 0.1) is 5.92 Å². The minimum Gasteiger partial charge on any atom is -0.344 e. The molecule has 1 aromatic carbocycles. The van der Waals surface area contributed by atoms with Crippen LogP contribution in [-0.4, -0.2) is 84.3 Å². The topological polar surface area (TPSA) is 73.0 Å². The van der Waals surface area contributed by atoms with Crippen LogP contribution in [0.4, 0.5) is 0 Å². The quantitative estimate of drug-likeness (QED) is 0.700. The Morgan fingerprint density at radius 2 is 1.47 bits per heavy atom. The molecular weight excluding hydrogens is 404 g/mol. The molecule has 0 spiro atoms. The highest BCUT2D eigenvalue weighted by molar-refractivity contribution is 5.88. The van der Waals surface area contributed by atoms with Crippen molar-refractivity contribution in [3.8, 4) is 0 Å². The zero-order valence-corrected chi connectivity index (χ0v) is 19.6. The van der Waals surface area contributed by atoms with Crippen molar-refractivity contribution in [1.82, 2.24) is 20.0 Å². The summed E-state index contributed by atoms with van der Waals surface area (Å²) in [7, 11) is 0. The van der Waals surface area contributed by atoms with Gasteiger partial charge in [-0.15, -0.1) is 0 Å². The SMILES string of the molecule is CC(C)[C@H](NC(=O)Cc1ccccc1)C(=O)N1CCN(CC(=O)N2CCCCCC2)CC1. The number of hydrogen-bond donors (Lipinski definition) is 1. The van der Waals surface area contributed by atoms with Crippen molar-refractivity contribution in [3.63, 3.8) is 0 Å². The summed E-state index contributed by atoms with van der Waals surface area (Å²) < 4.78 is 0. The first-order chi connectivity index (χ1) is 15.4. The van der Waals surface area contributed by atoms with Gasteiger partial charge in [-0.1, -0.05) is 57.0 Å². The van der Waals surface area contributed by atoms with Gasteiger partial charge in [0.15, 0.2) is 0 Å². The van der Waals surface area contributed by atoms with Gasteiger partial charge in [-0.05, 0) is 24.3 Å². The Balaban J connectivity index is 1.47. The predicted molar refractivity (Wildman–Crippen MR) is 125 cm³/mol. The lowest BCUT2D eigenvalue weighted by Crippen LogP contribution is -2.57. The lowest BCUT2D eigenvalue weighted by atomic mass is 10.0. The average molecular weight is 443 g/mol. The van der Waals surface area contributed by atoms with Crippen LogP contribution in [0.5, 0.6) is 0 Å². The van der Waals surface area contributed by atoms with E-state index >= 15 is 0 Å². The number of carbonyl (C=O) groups excluding carboxylic acids is 3. The molecule has 0 aliphatic carbocycles. The molecule has 2 aliphatic rings. The Morgan fingerprint density at radius 1 is 0.844 bits per heavy atom. The fourth-order valence-corrected chi connectivity index (χ4v) is 4.45. The third kappa shape index (κ3) is 7.05. The van der Waals surface area contributed by atoms with E-state index in [4.69, 9.17) is 0 Å². The Bertz CT molecular complexity index is 752. The van der Waals surface area contributed by atoms with Gasteiger partial charge in [0.25, 0.3) is 0 Å². The van der Waals surface area contributed by atoms with Crippen LogP contribution in [0.1, 0.15) is 45.1 Å². The highest BCUT2D eigenvalue weighted by Gasteiger charge is 2.31. The smallest absolute Gasteiger partial charge is 0.245 e. The molecule has 0 bridgehead atoms. The third-order valence-corrected chi connectivity index (χ3v) is 6.46. The second kappa shape index (κ2) is 12.0. The summed E-state index contributed by atoms with van der Waals surface area (Å²) in [6, 6.07) is 9.03. The number of carbonyl (C=O) groups is 3. The van der Waals surface area contributed by atoms with Gasteiger partial charge >= 0.3 is 0 Å². The van der Waals surface area contributed by atoms with Gasteiger partial charge in [0.2, 0.25) is 17.7 Å². The normalized spacial score (nSPS) is 18.8. The molecule has 176 valence electrons. The number of amides is 3. The molecule has 2 fully saturated rings. The minimum absolute atomic E-state index is 0.00451. The lowest BCUT2D eigenvalue weighted by molar-refractivity contribution is -0.140. The highest BCUT2D eigenvalue weighted by Crippen LogP contribution is 2.13. The first kappa shape index (κ1) is 24.2. The molecule has 7 nitrogen and oxygen atoms in total. The van der Waals surface area contributed by atoms with Crippen molar-refractivity contribution >= 4 is 17.7 Å². The van der Waals surface area contributed by atoms with Gasteiger partial charge in [0.05, 0.1) is 13.0 Å². The van der Waals surface area contributed by atoms with E-state index < -0.39 is 6.04 Å². The number of hydrogen-bond acceptors (Lipinski definition) is 4.